The van der Waals surface area contributed by atoms with E-state index in [2.05, 4.69) is 12.1 Å². The lowest BCUT2D eigenvalue weighted by Gasteiger charge is -2.19. The predicted octanol–water partition coefficient (Wildman–Crippen LogP) is -0.184. The SMILES string of the molecule is C=CCO[C@@H](O)C[C@@H]1OC[C@@H]2CON[C@@H]21. The van der Waals surface area contributed by atoms with E-state index in [4.69, 9.17) is 14.3 Å². The smallest absolute Gasteiger partial charge is 0.157 e. The molecule has 0 spiro atoms. The van der Waals surface area contributed by atoms with E-state index in [-0.39, 0.29) is 12.1 Å². The van der Waals surface area contributed by atoms with E-state index >= 15 is 0 Å². The second-order valence-electron chi connectivity index (χ2n) is 3.90. The lowest BCUT2D eigenvalue weighted by Crippen LogP contribution is -2.36. The van der Waals surface area contributed by atoms with E-state index in [0.717, 1.165) is 0 Å². The Balaban J connectivity index is 1.76. The van der Waals surface area contributed by atoms with Crippen LogP contribution in [0.15, 0.2) is 12.7 Å². The van der Waals surface area contributed by atoms with Crippen LogP contribution in [0.1, 0.15) is 6.42 Å². The highest BCUT2D eigenvalue weighted by Crippen LogP contribution is 2.27. The van der Waals surface area contributed by atoms with Crippen LogP contribution in [-0.2, 0) is 14.3 Å². The van der Waals surface area contributed by atoms with Crippen LogP contribution >= 0.6 is 0 Å². The predicted molar refractivity (Wildman–Crippen MR) is 52.9 cm³/mol. The van der Waals surface area contributed by atoms with Crippen molar-refractivity contribution >= 4 is 0 Å². The molecule has 0 aromatic rings. The lowest BCUT2D eigenvalue weighted by molar-refractivity contribution is -0.118. The standard InChI is InChI=1S/C10H17NO4/c1-2-3-13-9(12)4-8-10-7(5-14-8)6-15-11-10/h2,7-12H,1,3-6H2/t7-,8+,9-,10+/m1/s1. The number of hydroxylamine groups is 1. The molecule has 0 radical (unpaired) electrons. The Bertz CT molecular complexity index is 223. The van der Waals surface area contributed by atoms with Crippen molar-refractivity contribution in [3.05, 3.63) is 12.7 Å². The summed E-state index contributed by atoms with van der Waals surface area (Å²) >= 11 is 0. The molecule has 0 bridgehead atoms. The van der Waals surface area contributed by atoms with Gasteiger partial charge in [0.1, 0.15) is 0 Å². The third kappa shape index (κ3) is 2.56. The van der Waals surface area contributed by atoms with Crippen molar-refractivity contribution in [2.75, 3.05) is 19.8 Å². The quantitative estimate of drug-likeness (QED) is 0.492. The molecule has 15 heavy (non-hydrogen) atoms. The molecule has 2 aliphatic heterocycles. The minimum Gasteiger partial charge on any atom is -0.376 e. The average molecular weight is 215 g/mol. The van der Waals surface area contributed by atoms with Crippen molar-refractivity contribution in [3.8, 4) is 0 Å². The van der Waals surface area contributed by atoms with Gasteiger partial charge < -0.3 is 19.4 Å². The molecule has 4 atom stereocenters. The normalized spacial score (nSPS) is 36.5. The van der Waals surface area contributed by atoms with Crippen molar-refractivity contribution in [2.45, 2.75) is 24.9 Å². The van der Waals surface area contributed by atoms with Crippen molar-refractivity contribution in [2.24, 2.45) is 5.92 Å². The summed E-state index contributed by atoms with van der Waals surface area (Å²) < 4.78 is 10.7. The first-order valence-corrected chi connectivity index (χ1v) is 5.20. The van der Waals surface area contributed by atoms with Gasteiger partial charge in [0.25, 0.3) is 0 Å². The van der Waals surface area contributed by atoms with Crippen molar-refractivity contribution in [1.82, 2.24) is 5.48 Å². The Hall–Kier alpha value is -0.460. The first-order valence-electron chi connectivity index (χ1n) is 5.20. The van der Waals surface area contributed by atoms with Gasteiger partial charge in [-0.05, 0) is 0 Å². The van der Waals surface area contributed by atoms with Crippen LogP contribution in [-0.4, -0.2) is 43.4 Å². The molecule has 2 aliphatic rings. The van der Waals surface area contributed by atoms with E-state index in [1.54, 1.807) is 6.08 Å². The number of nitrogens with one attached hydrogen (secondary N) is 1. The topological polar surface area (TPSA) is 60.0 Å². The van der Waals surface area contributed by atoms with Crippen LogP contribution in [0, 0.1) is 5.92 Å². The zero-order valence-electron chi connectivity index (χ0n) is 8.59. The van der Waals surface area contributed by atoms with Gasteiger partial charge in [0.2, 0.25) is 0 Å². The summed E-state index contributed by atoms with van der Waals surface area (Å²) in [5.41, 5.74) is 2.92. The summed E-state index contributed by atoms with van der Waals surface area (Å²) in [5.74, 6) is 0.404. The Morgan fingerprint density at radius 2 is 2.47 bits per heavy atom. The molecular weight excluding hydrogens is 198 g/mol. The van der Waals surface area contributed by atoms with Gasteiger partial charge in [-0.2, -0.15) is 5.48 Å². The number of fused-ring (bicyclic) bond motifs is 1. The summed E-state index contributed by atoms with van der Waals surface area (Å²) in [5, 5.41) is 9.54. The molecule has 0 aliphatic carbocycles. The summed E-state index contributed by atoms with van der Waals surface area (Å²) in [6.45, 7) is 5.25. The molecule has 5 nitrogen and oxygen atoms in total. The maximum atomic E-state index is 9.54. The number of aliphatic hydroxyl groups is 1. The highest BCUT2D eigenvalue weighted by atomic mass is 16.7. The molecule has 0 aromatic carbocycles. The highest BCUT2D eigenvalue weighted by Gasteiger charge is 2.42. The summed E-state index contributed by atoms with van der Waals surface area (Å²) in [6, 6.07) is 0.187. The molecule has 2 rings (SSSR count). The van der Waals surface area contributed by atoms with Gasteiger partial charge in [-0.3, -0.25) is 0 Å². The Kier molecular flexibility index (Phi) is 3.71. The van der Waals surface area contributed by atoms with Crippen LogP contribution in [0.3, 0.4) is 0 Å². The summed E-state index contributed by atoms with van der Waals surface area (Å²) in [4.78, 5) is 5.14. The van der Waals surface area contributed by atoms with E-state index in [1.165, 1.54) is 0 Å². The van der Waals surface area contributed by atoms with Gasteiger partial charge in [0, 0.05) is 12.3 Å². The molecule has 2 heterocycles. The Morgan fingerprint density at radius 3 is 3.27 bits per heavy atom. The number of rotatable bonds is 5. The van der Waals surface area contributed by atoms with Crippen LogP contribution in [0.2, 0.25) is 0 Å². The molecule has 0 unspecified atom stereocenters. The number of aliphatic hydroxyl groups excluding tert-OH is 1. The second kappa shape index (κ2) is 5.05. The molecule has 86 valence electrons. The van der Waals surface area contributed by atoms with E-state index < -0.39 is 6.29 Å². The zero-order chi connectivity index (χ0) is 10.7. The largest absolute Gasteiger partial charge is 0.376 e. The second-order valence-corrected chi connectivity index (χ2v) is 3.90. The number of hydrogen-bond donors (Lipinski definition) is 2. The average Bonchev–Trinajstić information content (AvgIpc) is 2.80. The molecule has 5 heteroatoms. The molecular formula is C10H17NO4. The van der Waals surface area contributed by atoms with Gasteiger partial charge in [0.15, 0.2) is 6.29 Å². The van der Waals surface area contributed by atoms with Crippen LogP contribution < -0.4 is 5.48 Å². The Labute approximate surface area is 89.0 Å². The third-order valence-electron chi connectivity index (χ3n) is 2.79. The van der Waals surface area contributed by atoms with Gasteiger partial charge in [0.05, 0.1) is 32.0 Å². The van der Waals surface area contributed by atoms with E-state index in [9.17, 15) is 5.11 Å². The molecule has 0 saturated carbocycles. The third-order valence-corrected chi connectivity index (χ3v) is 2.79. The number of ether oxygens (including phenoxy) is 2. The zero-order valence-corrected chi connectivity index (χ0v) is 8.59. The van der Waals surface area contributed by atoms with Gasteiger partial charge >= 0.3 is 0 Å². The molecule has 0 aromatic heterocycles. The van der Waals surface area contributed by atoms with Gasteiger partial charge in [-0.25, -0.2) is 0 Å². The fraction of sp³-hybridized carbons (Fsp3) is 0.800. The van der Waals surface area contributed by atoms with Crippen LogP contribution in [0.4, 0.5) is 0 Å². The maximum absolute atomic E-state index is 9.54. The van der Waals surface area contributed by atoms with Gasteiger partial charge in [-0.1, -0.05) is 6.08 Å². The minimum absolute atomic E-state index is 0.0303. The van der Waals surface area contributed by atoms with Crippen LogP contribution in [0.25, 0.3) is 0 Å². The summed E-state index contributed by atoms with van der Waals surface area (Å²) in [7, 11) is 0. The first kappa shape index (κ1) is 11.0. The molecule has 0 amide bonds. The summed E-state index contributed by atoms with van der Waals surface area (Å²) in [6.07, 6.45) is 1.25. The molecule has 2 saturated heterocycles. The number of hydrogen-bond acceptors (Lipinski definition) is 5. The Morgan fingerprint density at radius 1 is 1.60 bits per heavy atom. The van der Waals surface area contributed by atoms with Gasteiger partial charge in [-0.15, -0.1) is 6.58 Å². The van der Waals surface area contributed by atoms with Crippen molar-refractivity contribution in [1.29, 1.82) is 0 Å². The monoisotopic (exact) mass is 215 g/mol. The molecule has 2 fully saturated rings. The van der Waals surface area contributed by atoms with E-state index in [1.807, 2.05) is 0 Å². The molecule has 2 N–H and O–H groups in total. The van der Waals surface area contributed by atoms with Crippen LogP contribution in [0.5, 0.6) is 0 Å². The fourth-order valence-corrected chi connectivity index (χ4v) is 1.99. The lowest BCUT2D eigenvalue weighted by atomic mass is 10.00. The van der Waals surface area contributed by atoms with E-state index in [0.29, 0.717) is 32.2 Å². The van der Waals surface area contributed by atoms with Crippen molar-refractivity contribution in [3.63, 3.8) is 0 Å². The fourth-order valence-electron chi connectivity index (χ4n) is 1.99. The van der Waals surface area contributed by atoms with Crippen molar-refractivity contribution < 1.29 is 19.4 Å². The first-order chi connectivity index (χ1) is 7.31. The maximum Gasteiger partial charge on any atom is 0.157 e. The highest BCUT2D eigenvalue weighted by molar-refractivity contribution is 4.90. The minimum atomic E-state index is -0.797.